The van der Waals surface area contributed by atoms with Crippen molar-refractivity contribution >= 4 is 0 Å². The third-order valence-electron chi connectivity index (χ3n) is 3.45. The Balaban J connectivity index is 2.23. The van der Waals surface area contributed by atoms with Gasteiger partial charge in [-0.05, 0) is 24.6 Å². The summed E-state index contributed by atoms with van der Waals surface area (Å²) in [6.45, 7) is 7.51. The van der Waals surface area contributed by atoms with Crippen molar-refractivity contribution in [3.05, 3.63) is 42.2 Å². The summed E-state index contributed by atoms with van der Waals surface area (Å²) in [4.78, 5) is 1.70. The van der Waals surface area contributed by atoms with E-state index in [1.54, 1.807) is 4.80 Å². The molecule has 4 nitrogen and oxygen atoms in total. The summed E-state index contributed by atoms with van der Waals surface area (Å²) in [6.07, 6.45) is 2.99. The lowest BCUT2D eigenvalue weighted by molar-refractivity contribution is 0.375. The molecule has 1 aromatic heterocycles. The van der Waals surface area contributed by atoms with E-state index in [1.165, 1.54) is 0 Å². The number of nitrogens with zero attached hydrogens (tertiary/aromatic N) is 3. The van der Waals surface area contributed by atoms with E-state index in [2.05, 4.69) is 36.3 Å². The monoisotopic (exact) mass is 258 g/mol. The maximum absolute atomic E-state index is 4.61. The van der Waals surface area contributed by atoms with Crippen molar-refractivity contribution in [2.24, 2.45) is 5.92 Å². The van der Waals surface area contributed by atoms with Crippen molar-refractivity contribution in [1.82, 2.24) is 20.3 Å². The van der Waals surface area contributed by atoms with Gasteiger partial charge in [-0.2, -0.15) is 15.0 Å². The lowest BCUT2D eigenvalue weighted by Crippen LogP contribution is -2.27. The molecule has 0 bridgehead atoms. The van der Waals surface area contributed by atoms with Crippen LogP contribution in [0.5, 0.6) is 0 Å². The Morgan fingerprint density at radius 3 is 2.58 bits per heavy atom. The molecule has 0 aliphatic heterocycles. The summed E-state index contributed by atoms with van der Waals surface area (Å²) in [6, 6.07) is 10.3. The Morgan fingerprint density at radius 1 is 1.21 bits per heavy atom. The molecule has 2 rings (SSSR count). The van der Waals surface area contributed by atoms with E-state index in [0.29, 0.717) is 5.92 Å². The van der Waals surface area contributed by atoms with Crippen LogP contribution in [0.1, 0.15) is 38.9 Å². The van der Waals surface area contributed by atoms with Crippen molar-refractivity contribution in [2.45, 2.75) is 33.2 Å². The van der Waals surface area contributed by atoms with Gasteiger partial charge in [-0.25, -0.2) is 0 Å². The van der Waals surface area contributed by atoms with Crippen LogP contribution >= 0.6 is 0 Å². The zero-order valence-corrected chi connectivity index (χ0v) is 11.9. The molecule has 4 heteroatoms. The van der Waals surface area contributed by atoms with Crippen molar-refractivity contribution in [3.63, 3.8) is 0 Å². The smallest absolute Gasteiger partial charge is 0.100 e. The van der Waals surface area contributed by atoms with E-state index >= 15 is 0 Å². The van der Waals surface area contributed by atoms with Crippen LogP contribution in [0.2, 0.25) is 0 Å². The number of rotatable bonds is 6. The van der Waals surface area contributed by atoms with Gasteiger partial charge in [-0.15, -0.1) is 0 Å². The minimum atomic E-state index is 0.271. The lowest BCUT2D eigenvalue weighted by Gasteiger charge is -2.21. The fourth-order valence-corrected chi connectivity index (χ4v) is 2.16. The maximum atomic E-state index is 4.61. The topological polar surface area (TPSA) is 42.7 Å². The Kier molecular flexibility index (Phi) is 4.68. The van der Waals surface area contributed by atoms with Crippen molar-refractivity contribution in [3.8, 4) is 5.69 Å². The van der Waals surface area contributed by atoms with Crippen molar-refractivity contribution in [1.29, 1.82) is 0 Å². The maximum Gasteiger partial charge on any atom is 0.100 e. The highest BCUT2D eigenvalue weighted by Crippen LogP contribution is 2.22. The van der Waals surface area contributed by atoms with Crippen LogP contribution in [0.15, 0.2) is 36.5 Å². The van der Waals surface area contributed by atoms with Crippen LogP contribution in [-0.4, -0.2) is 21.5 Å². The van der Waals surface area contributed by atoms with E-state index in [-0.39, 0.29) is 6.04 Å². The number of aromatic nitrogens is 3. The summed E-state index contributed by atoms with van der Waals surface area (Å²) in [5.41, 5.74) is 2.01. The first-order valence-corrected chi connectivity index (χ1v) is 6.97. The van der Waals surface area contributed by atoms with Gasteiger partial charge in [-0.1, -0.05) is 45.4 Å². The summed E-state index contributed by atoms with van der Waals surface area (Å²) >= 11 is 0. The van der Waals surface area contributed by atoms with Gasteiger partial charge in [0.15, 0.2) is 0 Å². The summed E-state index contributed by atoms with van der Waals surface area (Å²) in [5.74, 6) is 0.542. The van der Waals surface area contributed by atoms with Crippen LogP contribution in [0.25, 0.3) is 5.69 Å². The number of hydrogen-bond acceptors (Lipinski definition) is 3. The molecule has 1 N–H and O–H groups in total. The molecule has 0 radical (unpaired) electrons. The second-order valence-corrected chi connectivity index (χ2v) is 4.82. The SMILES string of the molecule is CCNC(c1cnn(-c2ccccc2)n1)C(C)CC. The molecule has 0 amide bonds. The zero-order valence-electron chi connectivity index (χ0n) is 11.9. The van der Waals surface area contributed by atoms with Gasteiger partial charge in [-0.3, -0.25) is 0 Å². The summed E-state index contributed by atoms with van der Waals surface area (Å²) in [7, 11) is 0. The van der Waals surface area contributed by atoms with Crippen molar-refractivity contribution < 1.29 is 0 Å². The van der Waals surface area contributed by atoms with Crippen LogP contribution in [0.3, 0.4) is 0 Å². The summed E-state index contributed by atoms with van der Waals surface area (Å²) < 4.78 is 0. The third kappa shape index (κ3) is 3.20. The highest BCUT2D eigenvalue weighted by Gasteiger charge is 2.20. The molecule has 1 heterocycles. The van der Waals surface area contributed by atoms with E-state index in [0.717, 1.165) is 24.3 Å². The van der Waals surface area contributed by atoms with E-state index in [1.807, 2.05) is 36.5 Å². The predicted molar refractivity (Wildman–Crippen MR) is 77.2 cm³/mol. The highest BCUT2D eigenvalue weighted by molar-refractivity contribution is 5.28. The standard InChI is InChI=1S/C15H22N4/c1-4-12(3)15(16-5-2)14-11-17-19(18-14)13-9-7-6-8-10-13/h6-12,15-16H,4-5H2,1-3H3. The first kappa shape index (κ1) is 13.7. The molecule has 102 valence electrons. The van der Waals surface area contributed by atoms with Crippen LogP contribution in [-0.2, 0) is 0 Å². The Labute approximate surface area is 114 Å². The predicted octanol–water partition coefficient (Wildman–Crippen LogP) is 2.96. The number of benzene rings is 1. The Hall–Kier alpha value is -1.68. The Bertz CT molecular complexity index is 492. The van der Waals surface area contributed by atoms with E-state index in [4.69, 9.17) is 0 Å². The average molecular weight is 258 g/mol. The Morgan fingerprint density at radius 2 is 1.95 bits per heavy atom. The highest BCUT2D eigenvalue weighted by atomic mass is 15.5. The van der Waals surface area contributed by atoms with Gasteiger partial charge < -0.3 is 5.32 Å². The van der Waals surface area contributed by atoms with Crippen molar-refractivity contribution in [2.75, 3.05) is 6.54 Å². The average Bonchev–Trinajstić information content (AvgIpc) is 2.94. The molecule has 2 aromatic rings. The summed E-state index contributed by atoms with van der Waals surface area (Å²) in [5, 5.41) is 12.5. The largest absolute Gasteiger partial charge is 0.309 e. The molecule has 0 aliphatic carbocycles. The fourth-order valence-electron chi connectivity index (χ4n) is 2.16. The lowest BCUT2D eigenvalue weighted by atomic mass is 9.97. The number of hydrogen-bond donors (Lipinski definition) is 1. The second-order valence-electron chi connectivity index (χ2n) is 4.82. The second kappa shape index (κ2) is 6.48. The normalized spacial score (nSPS) is 14.3. The number of para-hydroxylation sites is 1. The molecule has 19 heavy (non-hydrogen) atoms. The zero-order chi connectivity index (χ0) is 13.7. The van der Waals surface area contributed by atoms with Gasteiger partial charge in [0.05, 0.1) is 17.9 Å². The van der Waals surface area contributed by atoms with E-state index < -0.39 is 0 Å². The van der Waals surface area contributed by atoms with E-state index in [9.17, 15) is 0 Å². The molecule has 1 aromatic carbocycles. The third-order valence-corrected chi connectivity index (χ3v) is 3.45. The minimum absolute atomic E-state index is 0.271. The quantitative estimate of drug-likeness (QED) is 0.866. The molecule has 2 atom stereocenters. The molecular weight excluding hydrogens is 236 g/mol. The minimum Gasteiger partial charge on any atom is -0.309 e. The molecular formula is C15H22N4. The first-order valence-electron chi connectivity index (χ1n) is 6.97. The van der Waals surface area contributed by atoms with Crippen LogP contribution < -0.4 is 5.32 Å². The van der Waals surface area contributed by atoms with Crippen LogP contribution in [0, 0.1) is 5.92 Å². The molecule has 0 saturated carbocycles. The van der Waals surface area contributed by atoms with Gasteiger partial charge in [0.1, 0.15) is 5.69 Å². The first-order chi connectivity index (χ1) is 9.26. The van der Waals surface area contributed by atoms with Gasteiger partial charge in [0.25, 0.3) is 0 Å². The van der Waals surface area contributed by atoms with Gasteiger partial charge in [0.2, 0.25) is 0 Å². The molecule has 0 spiro atoms. The molecule has 0 saturated heterocycles. The van der Waals surface area contributed by atoms with Crippen LogP contribution in [0.4, 0.5) is 0 Å². The van der Waals surface area contributed by atoms with Gasteiger partial charge >= 0.3 is 0 Å². The molecule has 0 aliphatic rings. The fraction of sp³-hybridized carbons (Fsp3) is 0.467. The molecule has 0 fully saturated rings. The molecule has 2 unspecified atom stereocenters. The number of nitrogens with one attached hydrogen (secondary N) is 1. The van der Waals surface area contributed by atoms with Gasteiger partial charge in [0, 0.05) is 0 Å².